The molecule has 0 saturated heterocycles. The summed E-state index contributed by atoms with van der Waals surface area (Å²) in [6.45, 7) is 1.76. The lowest BCUT2D eigenvalue weighted by molar-refractivity contribution is -0.134. The van der Waals surface area contributed by atoms with Crippen molar-refractivity contribution in [3.05, 3.63) is 78.9 Å². The molecule has 0 aliphatic heterocycles. The van der Waals surface area contributed by atoms with E-state index < -0.39 is 0 Å². The molecule has 0 aromatic heterocycles. The van der Waals surface area contributed by atoms with Crippen LogP contribution in [0, 0.1) is 0 Å². The molecule has 0 aliphatic rings. The van der Waals surface area contributed by atoms with Gasteiger partial charge in [-0.1, -0.05) is 25.1 Å². The van der Waals surface area contributed by atoms with Crippen LogP contribution in [0.5, 0.6) is 28.7 Å². The highest BCUT2D eigenvalue weighted by Gasteiger charge is 2.14. The monoisotopic (exact) mass is 428 g/mol. The SMILES string of the molecule is CCC(=O)Oc1ccc(Oc2c(-c3ccc(OC)cc3)ccc3cc(OC)ccc23)cc1. The predicted molar refractivity (Wildman–Crippen MR) is 125 cm³/mol. The number of esters is 1. The van der Waals surface area contributed by atoms with Crippen molar-refractivity contribution >= 4 is 16.7 Å². The van der Waals surface area contributed by atoms with Gasteiger partial charge in [0.1, 0.15) is 28.7 Å². The van der Waals surface area contributed by atoms with Crippen LogP contribution in [0.3, 0.4) is 0 Å². The quantitative estimate of drug-likeness (QED) is 0.244. The molecule has 162 valence electrons. The van der Waals surface area contributed by atoms with Crippen molar-refractivity contribution in [2.45, 2.75) is 13.3 Å². The Labute approximate surface area is 187 Å². The zero-order chi connectivity index (χ0) is 22.5. The van der Waals surface area contributed by atoms with Crippen LogP contribution in [0.4, 0.5) is 0 Å². The van der Waals surface area contributed by atoms with Crippen LogP contribution in [0.2, 0.25) is 0 Å². The highest BCUT2D eigenvalue weighted by Crippen LogP contribution is 2.41. The summed E-state index contributed by atoms with van der Waals surface area (Å²) in [4.78, 5) is 11.5. The minimum absolute atomic E-state index is 0.275. The van der Waals surface area contributed by atoms with Crippen molar-refractivity contribution in [1.82, 2.24) is 0 Å². The first-order chi connectivity index (χ1) is 15.6. The van der Waals surface area contributed by atoms with Crippen molar-refractivity contribution in [1.29, 1.82) is 0 Å². The second-order valence-electron chi connectivity index (χ2n) is 7.16. The number of hydrogen-bond acceptors (Lipinski definition) is 5. The number of rotatable bonds is 7. The van der Waals surface area contributed by atoms with Crippen LogP contribution in [-0.2, 0) is 4.79 Å². The molecule has 0 heterocycles. The molecule has 0 aliphatic carbocycles. The molecule has 4 rings (SSSR count). The maximum atomic E-state index is 11.5. The molecule has 4 aromatic rings. The van der Waals surface area contributed by atoms with E-state index in [9.17, 15) is 4.79 Å². The van der Waals surface area contributed by atoms with E-state index in [-0.39, 0.29) is 5.97 Å². The van der Waals surface area contributed by atoms with Gasteiger partial charge in [-0.15, -0.1) is 0 Å². The molecule has 5 heteroatoms. The molecule has 0 spiro atoms. The number of carbonyl (C=O) groups excluding carboxylic acids is 1. The minimum atomic E-state index is -0.275. The van der Waals surface area contributed by atoms with Gasteiger partial charge in [0.05, 0.1) is 14.2 Å². The van der Waals surface area contributed by atoms with Gasteiger partial charge < -0.3 is 18.9 Å². The van der Waals surface area contributed by atoms with Gasteiger partial charge in [0.15, 0.2) is 0 Å². The Morgan fingerprint density at radius 2 is 1.34 bits per heavy atom. The molecule has 0 atom stereocenters. The van der Waals surface area contributed by atoms with E-state index in [4.69, 9.17) is 18.9 Å². The maximum Gasteiger partial charge on any atom is 0.310 e. The Morgan fingerprint density at radius 1 is 0.719 bits per heavy atom. The van der Waals surface area contributed by atoms with Gasteiger partial charge in [-0.05, 0) is 71.6 Å². The van der Waals surface area contributed by atoms with Crippen LogP contribution in [0.15, 0.2) is 78.9 Å². The van der Waals surface area contributed by atoms with Crippen LogP contribution in [-0.4, -0.2) is 20.2 Å². The standard InChI is InChI=1S/C27H24O5/c1-4-26(28)31-21-10-12-22(13-11-21)32-27-24(18-5-8-20(29-2)9-6-18)15-7-19-17-23(30-3)14-16-25(19)27/h5-17H,4H2,1-3H3. The Morgan fingerprint density at radius 3 is 2.00 bits per heavy atom. The molecule has 0 radical (unpaired) electrons. The Balaban J connectivity index is 1.76. The number of hydrogen-bond donors (Lipinski definition) is 0. The average molecular weight is 428 g/mol. The number of methoxy groups -OCH3 is 2. The lowest BCUT2D eigenvalue weighted by Crippen LogP contribution is -2.05. The summed E-state index contributed by atoms with van der Waals surface area (Å²) >= 11 is 0. The number of ether oxygens (including phenoxy) is 4. The van der Waals surface area contributed by atoms with E-state index >= 15 is 0 Å². The van der Waals surface area contributed by atoms with Crippen molar-refractivity contribution in [2.24, 2.45) is 0 Å². The van der Waals surface area contributed by atoms with Crippen molar-refractivity contribution in [2.75, 3.05) is 14.2 Å². The fourth-order valence-electron chi connectivity index (χ4n) is 3.41. The van der Waals surface area contributed by atoms with E-state index in [1.165, 1.54) is 0 Å². The summed E-state index contributed by atoms with van der Waals surface area (Å²) in [5.41, 5.74) is 1.96. The molecule has 32 heavy (non-hydrogen) atoms. The highest BCUT2D eigenvalue weighted by molar-refractivity contribution is 5.96. The molecule has 5 nitrogen and oxygen atoms in total. The van der Waals surface area contributed by atoms with Gasteiger partial charge in [-0.25, -0.2) is 0 Å². The summed E-state index contributed by atoms with van der Waals surface area (Å²) in [7, 11) is 3.30. The number of carbonyl (C=O) groups is 1. The summed E-state index contributed by atoms with van der Waals surface area (Å²) in [5, 5.41) is 1.96. The van der Waals surface area contributed by atoms with Gasteiger partial charge in [0.25, 0.3) is 0 Å². The Hall–Kier alpha value is -3.99. The lowest BCUT2D eigenvalue weighted by atomic mass is 9.99. The van der Waals surface area contributed by atoms with Crippen LogP contribution < -0.4 is 18.9 Å². The topological polar surface area (TPSA) is 54.0 Å². The highest BCUT2D eigenvalue weighted by atomic mass is 16.5. The average Bonchev–Trinajstić information content (AvgIpc) is 2.85. The molecule has 4 aromatic carbocycles. The molecule has 0 amide bonds. The first-order valence-electron chi connectivity index (χ1n) is 10.3. The number of benzene rings is 4. The first-order valence-corrected chi connectivity index (χ1v) is 10.3. The summed E-state index contributed by atoms with van der Waals surface area (Å²) < 4.78 is 22.3. The van der Waals surface area contributed by atoms with Gasteiger partial charge in [0, 0.05) is 17.4 Å². The fraction of sp³-hybridized carbons (Fsp3) is 0.148. The normalized spacial score (nSPS) is 10.6. The van der Waals surface area contributed by atoms with Gasteiger partial charge in [0.2, 0.25) is 0 Å². The third kappa shape index (κ3) is 4.52. The van der Waals surface area contributed by atoms with E-state index in [1.54, 1.807) is 45.4 Å². The predicted octanol–water partition coefficient (Wildman–Crippen LogP) is 6.63. The summed E-state index contributed by atoms with van der Waals surface area (Å²) in [6.07, 6.45) is 0.322. The molecule has 0 unspecified atom stereocenters. The van der Waals surface area contributed by atoms with E-state index in [1.807, 2.05) is 48.5 Å². The van der Waals surface area contributed by atoms with Crippen LogP contribution >= 0.6 is 0 Å². The van der Waals surface area contributed by atoms with Crippen molar-refractivity contribution in [3.63, 3.8) is 0 Å². The summed E-state index contributed by atoms with van der Waals surface area (Å²) in [6, 6.07) is 24.9. The Kier molecular flexibility index (Phi) is 6.26. The largest absolute Gasteiger partial charge is 0.497 e. The molecular formula is C27H24O5. The first kappa shape index (κ1) is 21.2. The molecule has 0 saturated carbocycles. The van der Waals surface area contributed by atoms with E-state index in [0.29, 0.717) is 17.9 Å². The van der Waals surface area contributed by atoms with Gasteiger partial charge >= 0.3 is 5.97 Å². The van der Waals surface area contributed by atoms with Crippen molar-refractivity contribution in [3.8, 4) is 39.9 Å². The minimum Gasteiger partial charge on any atom is -0.497 e. The summed E-state index contributed by atoms with van der Waals surface area (Å²) in [5.74, 6) is 3.15. The molecule has 0 bridgehead atoms. The fourth-order valence-corrected chi connectivity index (χ4v) is 3.41. The zero-order valence-electron chi connectivity index (χ0n) is 18.3. The third-order valence-corrected chi connectivity index (χ3v) is 5.14. The Bertz CT molecular complexity index is 1230. The second kappa shape index (κ2) is 9.43. The van der Waals surface area contributed by atoms with Crippen molar-refractivity contribution < 1.29 is 23.7 Å². The van der Waals surface area contributed by atoms with E-state index in [2.05, 4.69) is 6.07 Å². The van der Waals surface area contributed by atoms with Crippen LogP contribution in [0.1, 0.15) is 13.3 Å². The van der Waals surface area contributed by atoms with Gasteiger partial charge in [-0.2, -0.15) is 0 Å². The van der Waals surface area contributed by atoms with Crippen LogP contribution in [0.25, 0.3) is 21.9 Å². The van der Waals surface area contributed by atoms with E-state index in [0.717, 1.165) is 39.1 Å². The maximum absolute atomic E-state index is 11.5. The lowest BCUT2D eigenvalue weighted by Gasteiger charge is -2.16. The molecule has 0 N–H and O–H groups in total. The van der Waals surface area contributed by atoms with Gasteiger partial charge in [-0.3, -0.25) is 4.79 Å². The second-order valence-corrected chi connectivity index (χ2v) is 7.16. The zero-order valence-corrected chi connectivity index (χ0v) is 18.3. The molecule has 0 fully saturated rings. The third-order valence-electron chi connectivity index (χ3n) is 5.14. The molecular weight excluding hydrogens is 404 g/mol. The number of fused-ring (bicyclic) bond motifs is 1. The smallest absolute Gasteiger partial charge is 0.310 e.